The fraction of sp³-hybridized carbons (Fsp3) is 0.333. The first-order chi connectivity index (χ1) is 12.2. The van der Waals surface area contributed by atoms with Crippen LogP contribution < -0.4 is 5.56 Å². The van der Waals surface area contributed by atoms with E-state index in [0.717, 1.165) is 34.1 Å². The van der Waals surface area contributed by atoms with Crippen molar-refractivity contribution in [2.24, 2.45) is 0 Å². The van der Waals surface area contributed by atoms with Gasteiger partial charge in [-0.3, -0.25) is 9.36 Å². The van der Waals surface area contributed by atoms with Gasteiger partial charge in [-0.2, -0.15) is 0 Å². The van der Waals surface area contributed by atoms with Crippen LogP contribution in [0.25, 0.3) is 16.6 Å². The third kappa shape index (κ3) is 4.13. The fourth-order valence-corrected chi connectivity index (χ4v) is 3.91. The van der Waals surface area contributed by atoms with Crippen molar-refractivity contribution in [1.82, 2.24) is 9.55 Å². The number of thioether (sulfide) groups is 1. The summed E-state index contributed by atoms with van der Waals surface area (Å²) in [5.41, 5.74) is 2.80. The van der Waals surface area contributed by atoms with Crippen LogP contribution in [0.2, 0.25) is 0 Å². The van der Waals surface area contributed by atoms with Crippen molar-refractivity contribution < 1.29 is 0 Å². The van der Waals surface area contributed by atoms with E-state index in [2.05, 4.69) is 6.92 Å². The molecule has 0 saturated heterocycles. The molecule has 3 nitrogen and oxygen atoms in total. The zero-order valence-electron chi connectivity index (χ0n) is 14.9. The molecule has 3 aromatic rings. The second-order valence-corrected chi connectivity index (χ2v) is 7.36. The number of benzene rings is 2. The van der Waals surface area contributed by atoms with E-state index < -0.39 is 0 Å². The minimum absolute atomic E-state index is 0.00672. The molecule has 0 atom stereocenters. The monoisotopic (exact) mass is 352 g/mol. The van der Waals surface area contributed by atoms with Gasteiger partial charge in [0.25, 0.3) is 5.56 Å². The second kappa shape index (κ2) is 8.34. The van der Waals surface area contributed by atoms with Crippen molar-refractivity contribution >= 4 is 22.7 Å². The molecule has 0 aliphatic heterocycles. The first-order valence-corrected chi connectivity index (χ1v) is 9.91. The van der Waals surface area contributed by atoms with Gasteiger partial charge in [0.1, 0.15) is 0 Å². The molecular weight excluding hydrogens is 328 g/mol. The highest BCUT2D eigenvalue weighted by Gasteiger charge is 2.13. The Morgan fingerprint density at radius 3 is 2.68 bits per heavy atom. The van der Waals surface area contributed by atoms with Crippen LogP contribution in [0.1, 0.15) is 38.2 Å². The Bertz CT molecular complexity index is 917. The van der Waals surface area contributed by atoms with Gasteiger partial charge in [0.05, 0.1) is 16.6 Å². The molecule has 0 N–H and O–H groups in total. The molecule has 3 rings (SSSR count). The van der Waals surface area contributed by atoms with Crippen LogP contribution in [0, 0.1) is 6.92 Å². The summed E-state index contributed by atoms with van der Waals surface area (Å²) in [6.07, 6.45) is 4.87. The molecule has 0 saturated carbocycles. The van der Waals surface area contributed by atoms with Crippen molar-refractivity contribution in [3.05, 3.63) is 64.4 Å². The molecule has 0 spiro atoms. The highest BCUT2D eigenvalue weighted by Crippen LogP contribution is 2.23. The van der Waals surface area contributed by atoms with Gasteiger partial charge in [-0.25, -0.2) is 4.98 Å². The molecule has 0 aliphatic rings. The summed E-state index contributed by atoms with van der Waals surface area (Å²) in [6, 6.07) is 15.6. The molecule has 130 valence electrons. The number of rotatable bonds is 7. The van der Waals surface area contributed by atoms with Crippen molar-refractivity contribution in [2.45, 2.75) is 44.7 Å². The number of para-hydroxylation sites is 1. The van der Waals surface area contributed by atoms with Crippen LogP contribution in [-0.2, 0) is 0 Å². The molecule has 25 heavy (non-hydrogen) atoms. The molecule has 0 unspecified atom stereocenters. The molecule has 1 aromatic heterocycles. The highest BCUT2D eigenvalue weighted by atomic mass is 32.2. The SMILES string of the molecule is CCCCCCSc1nc2ccccc2c(=O)n1-c1cccc(C)c1. The van der Waals surface area contributed by atoms with Crippen molar-refractivity contribution in [3.8, 4) is 5.69 Å². The third-order valence-corrected chi connectivity index (χ3v) is 5.26. The Hall–Kier alpha value is -2.07. The minimum Gasteiger partial charge on any atom is -0.268 e. The van der Waals surface area contributed by atoms with Crippen LogP contribution in [0.4, 0.5) is 0 Å². The maximum absolute atomic E-state index is 13.1. The van der Waals surface area contributed by atoms with Crippen LogP contribution in [-0.4, -0.2) is 15.3 Å². The van der Waals surface area contributed by atoms with Crippen LogP contribution in [0.5, 0.6) is 0 Å². The lowest BCUT2D eigenvalue weighted by Gasteiger charge is -2.13. The van der Waals surface area contributed by atoms with Crippen LogP contribution >= 0.6 is 11.8 Å². The fourth-order valence-electron chi connectivity index (χ4n) is 2.90. The summed E-state index contributed by atoms with van der Waals surface area (Å²) >= 11 is 1.68. The molecule has 1 heterocycles. The number of fused-ring (bicyclic) bond motifs is 1. The quantitative estimate of drug-likeness (QED) is 0.326. The Balaban J connectivity index is 2.03. The van der Waals surface area contributed by atoms with E-state index in [1.165, 1.54) is 19.3 Å². The predicted octanol–water partition coefficient (Wildman–Crippen LogP) is 5.37. The number of unbranched alkanes of at least 4 members (excludes halogenated alkanes) is 3. The van der Waals surface area contributed by atoms with Crippen molar-refractivity contribution in [2.75, 3.05) is 5.75 Å². The molecule has 0 fully saturated rings. The van der Waals surface area contributed by atoms with Gasteiger partial charge < -0.3 is 0 Å². The summed E-state index contributed by atoms with van der Waals surface area (Å²) in [7, 11) is 0. The number of hydrogen-bond acceptors (Lipinski definition) is 3. The number of aryl methyl sites for hydroxylation is 1. The summed E-state index contributed by atoms with van der Waals surface area (Å²) < 4.78 is 1.76. The summed E-state index contributed by atoms with van der Waals surface area (Å²) in [5.74, 6) is 0.983. The first kappa shape index (κ1) is 17.7. The van der Waals surface area contributed by atoms with E-state index in [-0.39, 0.29) is 5.56 Å². The lowest BCUT2D eigenvalue weighted by atomic mass is 10.2. The molecule has 0 bridgehead atoms. The number of aromatic nitrogens is 2. The normalized spacial score (nSPS) is 11.1. The highest BCUT2D eigenvalue weighted by molar-refractivity contribution is 7.99. The summed E-state index contributed by atoms with van der Waals surface area (Å²) in [5, 5.41) is 1.45. The maximum atomic E-state index is 13.1. The van der Waals surface area contributed by atoms with Gasteiger partial charge in [-0.15, -0.1) is 0 Å². The Morgan fingerprint density at radius 1 is 1.04 bits per heavy atom. The molecule has 2 aromatic carbocycles. The van der Waals surface area contributed by atoms with E-state index in [0.29, 0.717) is 5.39 Å². The van der Waals surface area contributed by atoms with Gasteiger partial charge in [0.15, 0.2) is 5.16 Å². The number of hydrogen-bond donors (Lipinski definition) is 0. The Labute approximate surface area is 153 Å². The zero-order chi connectivity index (χ0) is 17.6. The zero-order valence-corrected chi connectivity index (χ0v) is 15.7. The van der Waals surface area contributed by atoms with Gasteiger partial charge in [0.2, 0.25) is 0 Å². The van der Waals surface area contributed by atoms with E-state index >= 15 is 0 Å². The van der Waals surface area contributed by atoms with Crippen molar-refractivity contribution in [3.63, 3.8) is 0 Å². The summed E-state index contributed by atoms with van der Waals surface area (Å²) in [6.45, 7) is 4.26. The summed E-state index contributed by atoms with van der Waals surface area (Å²) in [4.78, 5) is 17.9. The Kier molecular flexibility index (Phi) is 5.92. The van der Waals surface area contributed by atoms with E-state index in [9.17, 15) is 4.79 Å². The van der Waals surface area contributed by atoms with Crippen LogP contribution in [0.3, 0.4) is 0 Å². The van der Waals surface area contributed by atoms with Crippen LogP contribution in [0.15, 0.2) is 58.5 Å². The lowest BCUT2D eigenvalue weighted by Crippen LogP contribution is -2.21. The molecule has 0 radical (unpaired) electrons. The first-order valence-electron chi connectivity index (χ1n) is 8.92. The second-order valence-electron chi connectivity index (χ2n) is 6.30. The van der Waals surface area contributed by atoms with E-state index in [1.807, 2.05) is 55.5 Å². The standard InChI is InChI=1S/C21H24N2OS/c1-3-4-5-8-14-25-21-22-19-13-7-6-12-18(19)20(24)23(21)17-11-9-10-16(2)15-17/h6-7,9-13,15H,3-5,8,14H2,1-2H3. The predicted molar refractivity (Wildman–Crippen MR) is 107 cm³/mol. The average molecular weight is 353 g/mol. The molecule has 0 aliphatic carbocycles. The van der Waals surface area contributed by atoms with Gasteiger partial charge in [-0.1, -0.05) is 62.2 Å². The van der Waals surface area contributed by atoms with E-state index in [1.54, 1.807) is 16.3 Å². The average Bonchev–Trinajstić information content (AvgIpc) is 2.62. The maximum Gasteiger partial charge on any atom is 0.266 e. The van der Waals surface area contributed by atoms with Gasteiger partial charge in [0, 0.05) is 5.75 Å². The third-order valence-electron chi connectivity index (χ3n) is 4.23. The van der Waals surface area contributed by atoms with Gasteiger partial charge in [-0.05, 0) is 43.2 Å². The molecule has 4 heteroatoms. The topological polar surface area (TPSA) is 34.9 Å². The minimum atomic E-state index is 0.00672. The molecule has 0 amide bonds. The van der Waals surface area contributed by atoms with E-state index in [4.69, 9.17) is 4.98 Å². The Morgan fingerprint density at radius 2 is 1.88 bits per heavy atom. The largest absolute Gasteiger partial charge is 0.268 e. The molecular formula is C21H24N2OS. The van der Waals surface area contributed by atoms with Gasteiger partial charge >= 0.3 is 0 Å². The smallest absolute Gasteiger partial charge is 0.266 e. The lowest BCUT2D eigenvalue weighted by molar-refractivity contribution is 0.705. The number of nitrogens with zero attached hydrogens (tertiary/aromatic N) is 2. The van der Waals surface area contributed by atoms with Crippen molar-refractivity contribution in [1.29, 1.82) is 0 Å².